The van der Waals surface area contributed by atoms with Crippen molar-refractivity contribution >= 4 is 30.9 Å². The number of aromatic nitrogens is 1. The molecule has 2 aromatic rings. The van der Waals surface area contributed by atoms with Gasteiger partial charge in [-0.1, -0.05) is 53.2 Å². The molecule has 1 heterocycles. The van der Waals surface area contributed by atoms with Gasteiger partial charge in [0.2, 0.25) is 0 Å². The number of aliphatic hydroxyl groups is 1. The van der Waals surface area contributed by atoms with Crippen LogP contribution in [0.1, 0.15) is 112 Å². The lowest BCUT2D eigenvalue weighted by Gasteiger charge is -2.50. The van der Waals surface area contributed by atoms with E-state index in [1.165, 1.54) is 31.4 Å². The second-order valence-corrected chi connectivity index (χ2v) is 18.7. The van der Waals surface area contributed by atoms with Crippen LogP contribution < -0.4 is 0 Å². The molecule has 0 aliphatic heterocycles. The number of rotatable bonds is 5. The molecule has 0 bridgehead atoms. The maximum atomic E-state index is 13.1. The van der Waals surface area contributed by atoms with Crippen LogP contribution in [0.15, 0.2) is 24.3 Å². The average molecular weight is 646 g/mol. The zero-order valence-electron chi connectivity index (χ0n) is 22.9. The third-order valence-electron chi connectivity index (χ3n) is 8.83. The van der Waals surface area contributed by atoms with Gasteiger partial charge >= 0.3 is 6.18 Å². The second kappa shape index (κ2) is 9.89. The van der Waals surface area contributed by atoms with Crippen molar-refractivity contribution in [2.24, 2.45) is 5.41 Å². The lowest BCUT2D eigenvalue weighted by atomic mass is 9.59. The summed E-state index contributed by atoms with van der Waals surface area (Å²) in [7, 11) is -2.10. The fourth-order valence-electron chi connectivity index (χ4n) is 5.45. The lowest BCUT2D eigenvalue weighted by molar-refractivity contribution is -0.137. The third kappa shape index (κ3) is 5.54. The van der Waals surface area contributed by atoms with Gasteiger partial charge in [0, 0.05) is 20.4 Å². The largest absolute Gasteiger partial charge is 0.416 e. The Morgan fingerprint density at radius 2 is 1.70 bits per heavy atom. The summed E-state index contributed by atoms with van der Waals surface area (Å²) in [5.74, 6) is 0.0527. The number of benzene rings is 1. The minimum atomic E-state index is -4.42. The molecule has 0 amide bonds. The van der Waals surface area contributed by atoms with Crippen LogP contribution in [0.4, 0.5) is 13.2 Å². The number of hydrogen-bond donors (Lipinski definition) is 1. The first kappa shape index (κ1) is 29.0. The van der Waals surface area contributed by atoms with Crippen LogP contribution in [0, 0.1) is 8.99 Å². The van der Waals surface area contributed by atoms with Gasteiger partial charge in [-0.05, 0) is 95.4 Å². The third-order valence-corrected chi connectivity index (χ3v) is 14.5. The summed E-state index contributed by atoms with van der Waals surface area (Å²) in [4.78, 5) is 5.19. The molecule has 0 radical (unpaired) electrons. The monoisotopic (exact) mass is 645 g/mol. The summed E-state index contributed by atoms with van der Waals surface area (Å²) in [6, 6.07) is 4.83. The van der Waals surface area contributed by atoms with E-state index in [4.69, 9.17) is 9.41 Å². The zero-order chi connectivity index (χ0) is 27.6. The Morgan fingerprint density at radius 3 is 2.16 bits per heavy atom. The van der Waals surface area contributed by atoms with Gasteiger partial charge in [-0.15, -0.1) is 0 Å². The molecule has 37 heavy (non-hydrogen) atoms. The number of pyridine rings is 1. The Hall–Kier alpha value is -0.973. The first-order valence-corrected chi connectivity index (χ1v) is 17.2. The lowest BCUT2D eigenvalue weighted by Crippen LogP contribution is -2.46. The predicted octanol–water partition coefficient (Wildman–Crippen LogP) is 9.09. The minimum Gasteiger partial charge on any atom is -0.410 e. The van der Waals surface area contributed by atoms with Gasteiger partial charge in [0.15, 0.2) is 8.32 Å². The smallest absolute Gasteiger partial charge is 0.410 e. The van der Waals surface area contributed by atoms with Crippen LogP contribution in [-0.2, 0) is 17.0 Å². The van der Waals surface area contributed by atoms with Crippen molar-refractivity contribution in [3.8, 4) is 0 Å². The van der Waals surface area contributed by atoms with E-state index in [2.05, 4.69) is 70.3 Å². The number of hydrogen-bond acceptors (Lipinski definition) is 3. The van der Waals surface area contributed by atoms with Crippen LogP contribution in [0.2, 0.25) is 18.1 Å². The van der Waals surface area contributed by atoms with E-state index >= 15 is 0 Å². The van der Waals surface area contributed by atoms with Crippen LogP contribution in [0.5, 0.6) is 0 Å². The molecule has 2 aliphatic carbocycles. The van der Waals surface area contributed by atoms with Crippen molar-refractivity contribution in [1.82, 2.24) is 4.98 Å². The fraction of sp³-hybridized carbons (Fsp3) is 0.621. The van der Waals surface area contributed by atoms with E-state index in [1.54, 1.807) is 0 Å². The maximum Gasteiger partial charge on any atom is 0.416 e. The molecular formula is C29H39F3INO2Si. The molecule has 1 N–H and O–H groups in total. The molecule has 1 saturated carbocycles. The molecule has 1 fully saturated rings. The number of halogens is 4. The number of fused-ring (bicyclic) bond motifs is 1. The Kier molecular flexibility index (Phi) is 7.76. The first-order valence-electron chi connectivity index (χ1n) is 13.2. The minimum absolute atomic E-state index is 0.0523. The van der Waals surface area contributed by atoms with E-state index in [-0.39, 0.29) is 22.5 Å². The molecular weight excluding hydrogens is 606 g/mol. The standard InChI is InChI=1S/C29H39F3INO2Si/c1-17(2)25-23(26(35)18-9-11-19(12-10-18)29(30,31)32)24(33)22-20(34-25)15-28(13-8-14-28)16-21(22)36-37(6,7)27(3,4)5/h9-12,17,21,26,35H,8,13-16H2,1-7H3/t21-,26-/m0/s1. The molecule has 0 unspecified atom stereocenters. The molecule has 1 aromatic carbocycles. The number of alkyl halides is 3. The van der Waals surface area contributed by atoms with Crippen molar-refractivity contribution in [1.29, 1.82) is 0 Å². The normalized spacial score (nSPS) is 20.6. The van der Waals surface area contributed by atoms with E-state index in [0.717, 1.165) is 45.5 Å². The van der Waals surface area contributed by atoms with Crippen LogP contribution in [0.3, 0.4) is 0 Å². The van der Waals surface area contributed by atoms with Crippen LogP contribution >= 0.6 is 22.6 Å². The van der Waals surface area contributed by atoms with Crippen molar-refractivity contribution in [2.45, 2.75) is 109 Å². The van der Waals surface area contributed by atoms with Crippen molar-refractivity contribution in [3.63, 3.8) is 0 Å². The van der Waals surface area contributed by atoms with Gasteiger partial charge in [0.1, 0.15) is 6.10 Å². The van der Waals surface area contributed by atoms with Gasteiger partial charge in [-0.25, -0.2) is 0 Å². The number of aliphatic hydroxyl groups excluding tert-OH is 1. The van der Waals surface area contributed by atoms with Gasteiger partial charge < -0.3 is 9.53 Å². The highest BCUT2D eigenvalue weighted by Crippen LogP contribution is 2.57. The summed E-state index contributed by atoms with van der Waals surface area (Å²) in [6.07, 6.45) is -0.0836. The predicted molar refractivity (Wildman–Crippen MR) is 152 cm³/mol. The second-order valence-electron chi connectivity index (χ2n) is 12.9. The molecule has 204 valence electrons. The molecule has 3 nitrogen and oxygen atoms in total. The van der Waals surface area contributed by atoms with Gasteiger partial charge in [-0.2, -0.15) is 13.2 Å². The average Bonchev–Trinajstić information content (AvgIpc) is 2.75. The van der Waals surface area contributed by atoms with Crippen molar-refractivity contribution in [2.75, 3.05) is 0 Å². The highest BCUT2D eigenvalue weighted by Gasteiger charge is 2.49. The quantitative estimate of drug-likeness (QED) is 0.261. The van der Waals surface area contributed by atoms with Crippen molar-refractivity contribution in [3.05, 3.63) is 61.5 Å². The van der Waals surface area contributed by atoms with E-state index in [1.807, 2.05) is 0 Å². The van der Waals surface area contributed by atoms with E-state index < -0.39 is 26.2 Å². The van der Waals surface area contributed by atoms with Crippen molar-refractivity contribution < 1.29 is 22.7 Å². The Bertz CT molecular complexity index is 1150. The SMILES string of the molecule is CC(C)c1nc2c(c(I)c1[C@@H](O)c1ccc(C(F)(F)F)cc1)[C@@H](O[Si](C)(C)C(C)(C)C)CC1(CCC1)C2. The Balaban J connectivity index is 1.84. The Morgan fingerprint density at radius 1 is 1.11 bits per heavy atom. The van der Waals surface area contributed by atoms with Crippen LogP contribution in [-0.4, -0.2) is 18.4 Å². The summed E-state index contributed by atoms with van der Waals surface area (Å²) in [5.41, 5.74) is 3.61. The highest BCUT2D eigenvalue weighted by molar-refractivity contribution is 14.1. The molecule has 1 spiro atoms. The Labute approximate surface area is 233 Å². The number of nitrogens with zero attached hydrogens (tertiary/aromatic N) is 1. The molecule has 2 atom stereocenters. The topological polar surface area (TPSA) is 42.4 Å². The molecule has 0 saturated heterocycles. The molecule has 1 aromatic heterocycles. The van der Waals surface area contributed by atoms with Crippen LogP contribution in [0.25, 0.3) is 0 Å². The summed E-state index contributed by atoms with van der Waals surface area (Å²) >= 11 is 2.33. The van der Waals surface area contributed by atoms with E-state index in [0.29, 0.717) is 11.1 Å². The fourth-order valence-corrected chi connectivity index (χ4v) is 7.94. The molecule has 2 aliphatic rings. The first-order chi connectivity index (χ1) is 17.0. The molecule has 4 rings (SSSR count). The van der Waals surface area contributed by atoms with Gasteiger partial charge in [-0.3, -0.25) is 4.98 Å². The van der Waals surface area contributed by atoms with Gasteiger partial charge in [0.05, 0.1) is 17.4 Å². The maximum absolute atomic E-state index is 13.1. The summed E-state index contributed by atoms with van der Waals surface area (Å²) < 4.78 is 47.4. The van der Waals surface area contributed by atoms with Gasteiger partial charge in [0.25, 0.3) is 0 Å². The summed E-state index contributed by atoms with van der Waals surface area (Å²) in [5, 5.41) is 11.6. The zero-order valence-corrected chi connectivity index (χ0v) is 26.0. The highest BCUT2D eigenvalue weighted by atomic mass is 127. The van der Waals surface area contributed by atoms with E-state index in [9.17, 15) is 18.3 Å². The summed E-state index contributed by atoms with van der Waals surface area (Å²) in [6.45, 7) is 15.4. The molecule has 8 heteroatoms.